The lowest BCUT2D eigenvalue weighted by Gasteiger charge is -2.13. The highest BCUT2D eigenvalue weighted by Crippen LogP contribution is 2.27. The normalized spacial score (nSPS) is 12.4. The Hall–Kier alpha value is -3.13. The van der Waals surface area contributed by atoms with Gasteiger partial charge in [0.25, 0.3) is 5.56 Å². The Morgan fingerprint density at radius 3 is 2.48 bits per heavy atom. The predicted octanol–water partition coefficient (Wildman–Crippen LogP) is 4.08. The molecule has 8 heteroatoms. The molecule has 0 unspecified atom stereocenters. The molecule has 4 rings (SSSR count). The number of esters is 1. The number of rotatable bonds is 3. The number of aromatic nitrogens is 4. The fraction of sp³-hybridized carbons (Fsp3) is 0.286. The van der Waals surface area contributed by atoms with Crippen LogP contribution in [0.4, 0.5) is 0 Å². The van der Waals surface area contributed by atoms with Gasteiger partial charge in [-0.2, -0.15) is 0 Å². The number of fused-ring (bicyclic) bond motifs is 2. The Balaban J connectivity index is 1.63. The summed E-state index contributed by atoms with van der Waals surface area (Å²) in [4.78, 5) is 43.0. The van der Waals surface area contributed by atoms with E-state index in [-0.39, 0.29) is 5.56 Å². The number of hydrogen-bond donors (Lipinski definition) is 1. The molecule has 0 radical (unpaired) electrons. The molecule has 0 saturated carbocycles. The highest BCUT2D eigenvalue weighted by atomic mass is 32.1. The van der Waals surface area contributed by atoms with Gasteiger partial charge in [-0.1, -0.05) is 0 Å². The summed E-state index contributed by atoms with van der Waals surface area (Å²) in [5, 5.41) is 0.591. The molecule has 3 heterocycles. The molecule has 0 aliphatic carbocycles. The van der Waals surface area contributed by atoms with Crippen molar-refractivity contribution < 1.29 is 9.53 Å². The largest absolute Gasteiger partial charge is 0.451 e. The van der Waals surface area contributed by atoms with E-state index in [1.807, 2.05) is 27.7 Å². The third kappa shape index (κ3) is 3.40. The van der Waals surface area contributed by atoms with Gasteiger partial charge in [-0.25, -0.2) is 19.7 Å². The van der Waals surface area contributed by atoms with Crippen molar-refractivity contribution in [3.05, 3.63) is 61.8 Å². The van der Waals surface area contributed by atoms with Gasteiger partial charge >= 0.3 is 5.97 Å². The van der Waals surface area contributed by atoms with E-state index in [4.69, 9.17) is 4.74 Å². The molecule has 1 atom stereocenters. The summed E-state index contributed by atoms with van der Waals surface area (Å²) in [5.74, 6) is -0.190. The minimum atomic E-state index is -0.705. The number of aryl methyl sites for hydroxylation is 4. The minimum Gasteiger partial charge on any atom is -0.451 e. The summed E-state index contributed by atoms with van der Waals surface area (Å²) in [6, 6.07) is 5.07. The zero-order valence-corrected chi connectivity index (χ0v) is 17.6. The smallest absolute Gasteiger partial charge is 0.338 e. The number of nitrogens with zero attached hydrogens (tertiary/aromatic N) is 3. The fourth-order valence-electron chi connectivity index (χ4n) is 3.11. The van der Waals surface area contributed by atoms with Crippen molar-refractivity contribution in [3.8, 4) is 0 Å². The maximum absolute atomic E-state index is 12.6. The number of benzene rings is 1. The van der Waals surface area contributed by atoms with E-state index < -0.39 is 12.1 Å². The summed E-state index contributed by atoms with van der Waals surface area (Å²) < 4.78 is 5.55. The van der Waals surface area contributed by atoms with Gasteiger partial charge in [0, 0.05) is 4.88 Å². The highest BCUT2D eigenvalue weighted by molar-refractivity contribution is 7.18. The van der Waals surface area contributed by atoms with E-state index in [2.05, 4.69) is 19.9 Å². The third-order valence-electron chi connectivity index (χ3n) is 5.04. The average molecular weight is 408 g/mol. The highest BCUT2D eigenvalue weighted by Gasteiger charge is 2.19. The first-order chi connectivity index (χ1) is 13.7. The maximum atomic E-state index is 12.6. The first-order valence-corrected chi connectivity index (χ1v) is 10.0. The first kappa shape index (κ1) is 19.2. The Kier molecular flexibility index (Phi) is 4.66. The van der Waals surface area contributed by atoms with Crippen LogP contribution in [0.2, 0.25) is 0 Å². The second kappa shape index (κ2) is 7.04. The van der Waals surface area contributed by atoms with Gasteiger partial charge in [-0.15, -0.1) is 11.3 Å². The van der Waals surface area contributed by atoms with E-state index in [9.17, 15) is 9.59 Å². The van der Waals surface area contributed by atoms with Gasteiger partial charge in [0.1, 0.15) is 4.83 Å². The molecule has 0 amide bonds. The Morgan fingerprint density at radius 1 is 1.07 bits per heavy atom. The van der Waals surface area contributed by atoms with E-state index in [1.54, 1.807) is 25.1 Å². The van der Waals surface area contributed by atoms with E-state index >= 15 is 0 Å². The number of H-pyrrole nitrogens is 1. The number of ether oxygens (including phenoxy) is 1. The van der Waals surface area contributed by atoms with Crippen LogP contribution in [0, 0.1) is 27.7 Å². The molecule has 0 saturated heterocycles. The van der Waals surface area contributed by atoms with Crippen molar-refractivity contribution in [1.29, 1.82) is 0 Å². The number of nitrogens with one attached hydrogen (secondary N) is 1. The summed E-state index contributed by atoms with van der Waals surface area (Å²) in [5.41, 5.74) is 4.09. The lowest BCUT2D eigenvalue weighted by atomic mass is 10.2. The second-order valence-corrected chi connectivity index (χ2v) is 8.26. The molecule has 0 bridgehead atoms. The lowest BCUT2D eigenvalue weighted by Crippen LogP contribution is -2.17. The number of thiophene rings is 1. The molecule has 3 aromatic heterocycles. The maximum Gasteiger partial charge on any atom is 0.338 e. The molecule has 0 aliphatic heterocycles. The zero-order valence-electron chi connectivity index (χ0n) is 16.8. The molecule has 29 heavy (non-hydrogen) atoms. The number of aromatic amines is 1. The Morgan fingerprint density at radius 2 is 1.76 bits per heavy atom. The zero-order chi connectivity index (χ0) is 20.9. The predicted molar refractivity (Wildman–Crippen MR) is 113 cm³/mol. The van der Waals surface area contributed by atoms with Crippen molar-refractivity contribution in [3.63, 3.8) is 0 Å². The van der Waals surface area contributed by atoms with Gasteiger partial charge in [0.05, 0.1) is 33.4 Å². The standard InChI is InChI=1S/C21H20N4O3S/c1-9-13(5)29-20-17(9)19(26)24-18(25-20)12(4)28-21(27)14-6-7-15-16(8-14)23-11(3)10(2)22-15/h6-8,12H,1-5H3,(H,24,25,26)/t12-/m1/s1. The van der Waals surface area contributed by atoms with Crippen LogP contribution in [0.25, 0.3) is 21.3 Å². The van der Waals surface area contributed by atoms with Crippen LogP contribution in [0.3, 0.4) is 0 Å². The van der Waals surface area contributed by atoms with Crippen molar-refractivity contribution >= 4 is 38.6 Å². The third-order valence-corrected chi connectivity index (χ3v) is 6.14. The average Bonchev–Trinajstić information content (AvgIpc) is 2.96. The van der Waals surface area contributed by atoms with Crippen LogP contribution in [-0.4, -0.2) is 25.9 Å². The number of carbonyl (C=O) groups excluding carboxylic acids is 1. The van der Waals surface area contributed by atoms with Crippen LogP contribution in [-0.2, 0) is 4.74 Å². The van der Waals surface area contributed by atoms with Crippen LogP contribution >= 0.6 is 11.3 Å². The molecule has 148 valence electrons. The number of carbonyl (C=O) groups is 1. The molecular weight excluding hydrogens is 388 g/mol. The minimum absolute atomic E-state index is 0.221. The number of hydrogen-bond acceptors (Lipinski definition) is 7. The summed E-state index contributed by atoms with van der Waals surface area (Å²) in [7, 11) is 0. The summed E-state index contributed by atoms with van der Waals surface area (Å²) in [6.45, 7) is 9.31. The topological polar surface area (TPSA) is 97.8 Å². The Bertz CT molecular complexity index is 1340. The van der Waals surface area contributed by atoms with Crippen molar-refractivity contribution in [2.45, 2.75) is 40.7 Å². The monoisotopic (exact) mass is 408 g/mol. The Labute approximate surface area is 170 Å². The van der Waals surface area contributed by atoms with Crippen LogP contribution in [0.1, 0.15) is 51.0 Å². The van der Waals surface area contributed by atoms with Crippen LogP contribution < -0.4 is 5.56 Å². The molecular formula is C21H20N4O3S. The second-order valence-electron chi connectivity index (χ2n) is 7.06. The van der Waals surface area contributed by atoms with Gasteiger partial charge in [-0.05, 0) is 58.4 Å². The van der Waals surface area contributed by atoms with E-state index in [0.717, 1.165) is 27.3 Å². The van der Waals surface area contributed by atoms with E-state index in [1.165, 1.54) is 11.3 Å². The van der Waals surface area contributed by atoms with Gasteiger partial charge in [-0.3, -0.25) is 4.79 Å². The SMILES string of the molecule is Cc1nc2ccc(C(=O)O[C@H](C)c3nc4sc(C)c(C)c4c(=O)[nH]3)cc2nc1C. The lowest BCUT2D eigenvalue weighted by molar-refractivity contribution is 0.0320. The summed E-state index contributed by atoms with van der Waals surface area (Å²) in [6.07, 6.45) is -0.705. The van der Waals surface area contributed by atoms with Crippen molar-refractivity contribution in [2.24, 2.45) is 0 Å². The van der Waals surface area contributed by atoms with Crippen molar-refractivity contribution in [2.75, 3.05) is 0 Å². The molecule has 0 aliphatic rings. The summed E-state index contributed by atoms with van der Waals surface area (Å²) >= 11 is 1.46. The van der Waals surface area contributed by atoms with Crippen LogP contribution in [0.5, 0.6) is 0 Å². The molecule has 1 aromatic carbocycles. The molecule has 7 nitrogen and oxygen atoms in total. The quantitative estimate of drug-likeness (QED) is 0.513. The van der Waals surface area contributed by atoms with Crippen LogP contribution in [0.15, 0.2) is 23.0 Å². The van der Waals surface area contributed by atoms with Crippen molar-refractivity contribution in [1.82, 2.24) is 19.9 Å². The van der Waals surface area contributed by atoms with E-state index in [0.29, 0.717) is 27.1 Å². The van der Waals surface area contributed by atoms with Gasteiger partial charge in [0.15, 0.2) is 11.9 Å². The van der Waals surface area contributed by atoms with Gasteiger partial charge in [0.2, 0.25) is 0 Å². The molecule has 0 fully saturated rings. The van der Waals surface area contributed by atoms with Gasteiger partial charge < -0.3 is 9.72 Å². The molecule has 4 aromatic rings. The fourth-order valence-corrected chi connectivity index (χ4v) is 4.14. The molecule has 0 spiro atoms. The molecule has 1 N–H and O–H groups in total. The first-order valence-electron chi connectivity index (χ1n) is 9.20.